The van der Waals surface area contributed by atoms with Gasteiger partial charge in [-0.25, -0.2) is 9.97 Å². The first-order chi connectivity index (χ1) is 20.4. The van der Waals surface area contributed by atoms with Gasteiger partial charge < -0.3 is 31.5 Å². The Hall–Kier alpha value is -3.57. The number of rotatable bonds is 7. The van der Waals surface area contributed by atoms with Crippen molar-refractivity contribution in [2.24, 2.45) is 5.73 Å². The number of hydrogen-bond acceptors (Lipinski definition) is 8. The number of aliphatic hydroxyl groups excluding tert-OH is 1. The number of carbonyl (C=O) groups excluding carboxylic acids is 2. The summed E-state index contributed by atoms with van der Waals surface area (Å²) < 4.78 is 5.38. The summed E-state index contributed by atoms with van der Waals surface area (Å²) in [6, 6.07) is 13.6. The van der Waals surface area contributed by atoms with Gasteiger partial charge in [0.2, 0.25) is 11.9 Å². The maximum Gasteiger partial charge on any atom is 0.252 e. The molecule has 11 heteroatoms. The van der Waals surface area contributed by atoms with Gasteiger partial charge in [0, 0.05) is 43.2 Å². The van der Waals surface area contributed by atoms with E-state index in [2.05, 4.69) is 25.9 Å². The van der Waals surface area contributed by atoms with Gasteiger partial charge in [0.05, 0.1) is 35.1 Å². The van der Waals surface area contributed by atoms with Crippen LogP contribution in [0, 0.1) is 0 Å². The van der Waals surface area contributed by atoms with E-state index in [-0.39, 0.29) is 29.9 Å². The minimum Gasteiger partial charge on any atom is -0.390 e. The summed E-state index contributed by atoms with van der Waals surface area (Å²) in [5.74, 6) is 0.430. The Balaban J connectivity index is 0.000000199. The first kappa shape index (κ1) is 29.9. The molecule has 0 bridgehead atoms. The van der Waals surface area contributed by atoms with Gasteiger partial charge in [-0.3, -0.25) is 9.59 Å². The maximum atomic E-state index is 12.3. The van der Waals surface area contributed by atoms with Gasteiger partial charge in [0.15, 0.2) is 0 Å². The van der Waals surface area contributed by atoms with E-state index in [9.17, 15) is 14.7 Å². The van der Waals surface area contributed by atoms with Crippen molar-refractivity contribution >= 4 is 29.4 Å². The van der Waals surface area contributed by atoms with Crippen LogP contribution < -0.4 is 21.7 Å². The van der Waals surface area contributed by atoms with E-state index in [0.29, 0.717) is 48.0 Å². The van der Waals surface area contributed by atoms with Crippen LogP contribution in [0.2, 0.25) is 5.02 Å². The monoisotopic (exact) mass is 592 g/mol. The highest BCUT2D eigenvalue weighted by atomic mass is 35.5. The lowest BCUT2D eigenvalue weighted by molar-refractivity contribution is -0.122. The third-order valence-electron chi connectivity index (χ3n) is 7.85. The standard InChI is InChI=1S/C19H22ClN5O2.C12H15NO2/c20-15-10-22-19(23-12-4-7-27-8-5-12)25-17(15)11-1-2-13-14(9-11)18(26)24-16(13)3-6-21;1-2-11(15)13-12-9-6-4-3-5-8(9)7-10(12)14/h1-2,9-10,12,16H,3-8,21H2,(H,24,26)(H,22,23,25);3-6,10,12,14H,2,7H2,1H3,(H,13,15)/t;10-,12+/m.1/s1. The average molecular weight is 593 g/mol. The molecule has 3 aliphatic rings. The van der Waals surface area contributed by atoms with E-state index in [1.807, 2.05) is 49.4 Å². The second-order valence-electron chi connectivity index (χ2n) is 10.7. The van der Waals surface area contributed by atoms with Gasteiger partial charge in [0.25, 0.3) is 5.91 Å². The molecule has 2 aliphatic heterocycles. The Morgan fingerprint density at radius 3 is 2.74 bits per heavy atom. The van der Waals surface area contributed by atoms with Crippen molar-refractivity contribution in [2.75, 3.05) is 25.1 Å². The van der Waals surface area contributed by atoms with Crippen LogP contribution in [-0.4, -0.2) is 58.8 Å². The van der Waals surface area contributed by atoms with Crippen LogP contribution in [0.5, 0.6) is 0 Å². The lowest BCUT2D eigenvalue weighted by Crippen LogP contribution is -2.33. The second-order valence-corrected chi connectivity index (χ2v) is 11.1. The molecule has 2 amide bonds. The quantitative estimate of drug-likeness (QED) is 0.279. The molecule has 3 atom stereocenters. The van der Waals surface area contributed by atoms with E-state index >= 15 is 0 Å². The first-order valence-electron chi connectivity index (χ1n) is 14.4. The van der Waals surface area contributed by atoms with Crippen LogP contribution in [0.3, 0.4) is 0 Å². The number of carbonyl (C=O) groups is 2. The van der Waals surface area contributed by atoms with Crippen molar-refractivity contribution in [1.29, 1.82) is 0 Å². The fourth-order valence-corrected chi connectivity index (χ4v) is 5.80. The van der Waals surface area contributed by atoms with Crippen LogP contribution in [0.4, 0.5) is 5.95 Å². The van der Waals surface area contributed by atoms with E-state index in [0.717, 1.165) is 48.3 Å². The van der Waals surface area contributed by atoms with Gasteiger partial charge >= 0.3 is 0 Å². The summed E-state index contributed by atoms with van der Waals surface area (Å²) in [6.45, 7) is 3.80. The van der Waals surface area contributed by atoms with Crippen LogP contribution in [0.25, 0.3) is 11.3 Å². The number of hydrogen-bond donors (Lipinski definition) is 5. The summed E-state index contributed by atoms with van der Waals surface area (Å²) >= 11 is 6.35. The van der Waals surface area contributed by atoms with Gasteiger partial charge in [-0.05, 0) is 48.6 Å². The molecule has 10 nitrogen and oxygen atoms in total. The van der Waals surface area contributed by atoms with Crippen molar-refractivity contribution < 1.29 is 19.4 Å². The largest absolute Gasteiger partial charge is 0.390 e. The molecule has 6 rings (SSSR count). The van der Waals surface area contributed by atoms with E-state index in [4.69, 9.17) is 22.1 Å². The number of nitrogens with two attached hydrogens (primary N) is 1. The van der Waals surface area contributed by atoms with E-state index in [1.165, 1.54) is 0 Å². The van der Waals surface area contributed by atoms with Gasteiger partial charge in [-0.15, -0.1) is 0 Å². The van der Waals surface area contributed by atoms with Crippen molar-refractivity contribution in [3.8, 4) is 11.3 Å². The molecule has 0 spiro atoms. The number of ether oxygens (including phenoxy) is 1. The summed E-state index contributed by atoms with van der Waals surface area (Å²) in [6.07, 6.45) is 4.74. The maximum absolute atomic E-state index is 12.3. The number of halogens is 1. The molecule has 42 heavy (non-hydrogen) atoms. The predicted molar refractivity (Wildman–Crippen MR) is 161 cm³/mol. The van der Waals surface area contributed by atoms with Crippen LogP contribution in [0.1, 0.15) is 71.7 Å². The van der Waals surface area contributed by atoms with Crippen LogP contribution in [0.15, 0.2) is 48.7 Å². The number of amides is 2. The molecule has 222 valence electrons. The second kappa shape index (κ2) is 13.6. The summed E-state index contributed by atoms with van der Waals surface area (Å²) in [5, 5.41) is 19.5. The van der Waals surface area contributed by atoms with E-state index in [1.54, 1.807) is 6.20 Å². The molecule has 0 radical (unpaired) electrons. The number of nitrogens with one attached hydrogen (secondary N) is 3. The smallest absolute Gasteiger partial charge is 0.252 e. The Morgan fingerprint density at radius 1 is 1.19 bits per heavy atom. The fraction of sp³-hybridized carbons (Fsp3) is 0.419. The highest BCUT2D eigenvalue weighted by Gasteiger charge is 2.31. The minimum atomic E-state index is -0.488. The molecular weight excluding hydrogens is 556 g/mol. The number of aromatic nitrogens is 2. The minimum absolute atomic E-state index is 0.0178. The number of nitrogens with zero attached hydrogens (tertiary/aromatic N) is 2. The normalized spacial score (nSPS) is 21.0. The lowest BCUT2D eigenvalue weighted by Gasteiger charge is -2.23. The van der Waals surface area contributed by atoms with Crippen molar-refractivity contribution in [2.45, 2.75) is 63.3 Å². The molecule has 1 aliphatic carbocycles. The predicted octanol–water partition coefficient (Wildman–Crippen LogP) is 3.69. The highest BCUT2D eigenvalue weighted by molar-refractivity contribution is 6.33. The van der Waals surface area contributed by atoms with Crippen LogP contribution in [-0.2, 0) is 16.0 Å². The van der Waals surface area contributed by atoms with Gasteiger partial charge in [-0.1, -0.05) is 54.9 Å². The Labute approximate surface area is 250 Å². The third kappa shape index (κ3) is 6.73. The van der Waals surface area contributed by atoms with Crippen molar-refractivity contribution in [3.63, 3.8) is 0 Å². The molecule has 0 saturated carbocycles. The van der Waals surface area contributed by atoms with E-state index < -0.39 is 6.10 Å². The summed E-state index contributed by atoms with van der Waals surface area (Å²) in [4.78, 5) is 32.5. The number of anilines is 1. The zero-order valence-electron chi connectivity index (χ0n) is 23.6. The molecule has 3 aromatic rings. The molecule has 1 aromatic heterocycles. The molecule has 1 saturated heterocycles. The third-order valence-corrected chi connectivity index (χ3v) is 8.12. The van der Waals surface area contributed by atoms with Crippen molar-refractivity contribution in [1.82, 2.24) is 20.6 Å². The molecule has 3 heterocycles. The number of benzene rings is 2. The zero-order chi connectivity index (χ0) is 29.6. The Morgan fingerprint density at radius 2 is 1.98 bits per heavy atom. The van der Waals surface area contributed by atoms with Crippen molar-refractivity contribution in [3.05, 3.63) is 75.9 Å². The van der Waals surface area contributed by atoms with Gasteiger partial charge in [0.1, 0.15) is 0 Å². The summed E-state index contributed by atoms with van der Waals surface area (Å²) in [5.41, 5.74) is 10.8. The lowest BCUT2D eigenvalue weighted by atomic mass is 9.99. The average Bonchev–Trinajstić information content (AvgIpc) is 3.49. The first-order valence-corrected chi connectivity index (χ1v) is 14.8. The molecule has 2 aromatic carbocycles. The topological polar surface area (TPSA) is 151 Å². The molecule has 6 N–H and O–H groups in total. The SMILES string of the molecule is CCC(=O)N[C@H]1c2ccccc2C[C@H]1O.NCCC1NC(=O)c2cc(-c3nc(NC4CCOCC4)ncc3Cl)ccc21. The highest BCUT2D eigenvalue weighted by Crippen LogP contribution is 2.34. The Bertz CT molecular complexity index is 1430. The number of fused-ring (bicyclic) bond motifs is 2. The molecule has 1 fully saturated rings. The molecule has 1 unspecified atom stereocenters. The number of aliphatic hydroxyl groups is 1. The molecular formula is C31H37ClN6O4. The van der Waals surface area contributed by atoms with Crippen LogP contribution >= 0.6 is 11.6 Å². The van der Waals surface area contributed by atoms with Gasteiger partial charge in [-0.2, -0.15) is 0 Å². The Kier molecular flexibility index (Phi) is 9.69. The fourth-order valence-electron chi connectivity index (χ4n) is 5.60. The summed E-state index contributed by atoms with van der Waals surface area (Å²) in [7, 11) is 0. The zero-order valence-corrected chi connectivity index (χ0v) is 24.4.